The molecule has 0 N–H and O–H groups in total. The highest BCUT2D eigenvalue weighted by Crippen LogP contribution is 2.38. The highest BCUT2D eigenvalue weighted by Gasteiger charge is 2.29. The molecule has 0 saturated carbocycles. The zero-order valence-electron chi connectivity index (χ0n) is 15.2. The molecule has 25 heavy (non-hydrogen) atoms. The van der Waals surface area contributed by atoms with Gasteiger partial charge in [0.15, 0.2) is 0 Å². The largest absolute Gasteiger partial charge is 0.365 e. The van der Waals surface area contributed by atoms with Crippen molar-refractivity contribution in [2.24, 2.45) is 4.99 Å². The van der Waals surface area contributed by atoms with Gasteiger partial charge in [-0.2, -0.15) is 0 Å². The summed E-state index contributed by atoms with van der Waals surface area (Å²) in [4.78, 5) is 6.53. The second-order valence-corrected chi connectivity index (χ2v) is 7.48. The molecule has 0 fully saturated rings. The fourth-order valence-electron chi connectivity index (χ4n) is 3.16. The summed E-state index contributed by atoms with van der Waals surface area (Å²) < 4.78 is 14.6. The van der Waals surface area contributed by atoms with Gasteiger partial charge < -0.3 is 4.90 Å². The third-order valence-corrected chi connectivity index (χ3v) is 5.33. The Kier molecular flexibility index (Phi) is 4.46. The van der Waals surface area contributed by atoms with Crippen molar-refractivity contribution >= 4 is 34.8 Å². The maximum atomic E-state index is 14.6. The summed E-state index contributed by atoms with van der Waals surface area (Å²) in [5, 5.41) is 0.656. The van der Waals surface area contributed by atoms with Crippen molar-refractivity contribution in [1.29, 1.82) is 0 Å². The maximum Gasteiger partial charge on any atom is 0.134 e. The summed E-state index contributed by atoms with van der Waals surface area (Å²) in [7, 11) is 1.99. The Morgan fingerprint density at radius 1 is 1.20 bits per heavy atom. The molecule has 0 radical (unpaired) electrons. The highest BCUT2D eigenvalue weighted by molar-refractivity contribution is 6.31. The number of fused-ring (bicyclic) bond motifs is 1. The number of anilines is 1. The Hall–Kier alpha value is -2.13. The molecule has 3 rings (SSSR count). The van der Waals surface area contributed by atoms with E-state index in [1.165, 1.54) is 0 Å². The Labute approximate surface area is 153 Å². The Balaban J connectivity index is 2.04. The normalized spacial score (nSPS) is 16.1. The lowest BCUT2D eigenvalue weighted by atomic mass is 9.88. The van der Waals surface area contributed by atoms with Crippen molar-refractivity contribution in [2.45, 2.75) is 33.2 Å². The minimum Gasteiger partial charge on any atom is -0.365 e. The Morgan fingerprint density at radius 2 is 1.92 bits per heavy atom. The molecule has 0 amide bonds. The average Bonchev–Trinajstić information content (AvgIpc) is 2.54. The van der Waals surface area contributed by atoms with E-state index in [-0.39, 0.29) is 11.4 Å². The fourth-order valence-corrected chi connectivity index (χ4v) is 3.33. The number of hydrogen-bond donors (Lipinski definition) is 0. The van der Waals surface area contributed by atoms with E-state index in [9.17, 15) is 4.39 Å². The van der Waals surface area contributed by atoms with Crippen LogP contribution in [0.15, 0.2) is 41.4 Å². The third-order valence-electron chi connectivity index (χ3n) is 4.92. The van der Waals surface area contributed by atoms with E-state index in [4.69, 9.17) is 11.6 Å². The van der Waals surface area contributed by atoms with Crippen molar-refractivity contribution in [2.75, 3.05) is 11.9 Å². The lowest BCUT2D eigenvalue weighted by Crippen LogP contribution is -2.42. The summed E-state index contributed by atoms with van der Waals surface area (Å²) >= 11 is 6.12. The van der Waals surface area contributed by atoms with E-state index >= 15 is 0 Å². The quantitative estimate of drug-likeness (QED) is 0.587. The molecule has 4 heteroatoms. The predicted molar refractivity (Wildman–Crippen MR) is 106 cm³/mol. The van der Waals surface area contributed by atoms with Gasteiger partial charge in [-0.1, -0.05) is 23.7 Å². The number of aliphatic imine (C=N–C) groups is 1. The van der Waals surface area contributed by atoms with E-state index in [2.05, 4.69) is 36.7 Å². The number of nitrogens with zero attached hydrogens (tertiary/aromatic N) is 2. The second kappa shape index (κ2) is 6.30. The lowest BCUT2D eigenvalue weighted by molar-refractivity contribution is 0.589. The summed E-state index contributed by atoms with van der Waals surface area (Å²) in [6.45, 7) is 8.21. The van der Waals surface area contributed by atoms with E-state index in [1.807, 2.05) is 38.2 Å². The molecule has 0 aliphatic carbocycles. The summed E-state index contributed by atoms with van der Waals surface area (Å²) in [5.74, 6) is -0.278. The minimum absolute atomic E-state index is 0.142. The van der Waals surface area contributed by atoms with Crippen LogP contribution in [0.25, 0.3) is 5.57 Å². The van der Waals surface area contributed by atoms with E-state index in [0.717, 1.165) is 28.1 Å². The van der Waals surface area contributed by atoms with Crippen LogP contribution >= 0.6 is 11.6 Å². The molecule has 130 valence electrons. The second-order valence-electron chi connectivity index (χ2n) is 7.07. The first-order chi connectivity index (χ1) is 11.7. The van der Waals surface area contributed by atoms with Crippen LogP contribution in [-0.2, 0) is 0 Å². The molecule has 2 nitrogen and oxygen atoms in total. The van der Waals surface area contributed by atoms with Crippen LogP contribution in [0, 0.1) is 12.7 Å². The fraction of sp³-hybridized carbons (Fsp3) is 0.286. The molecule has 0 bridgehead atoms. The lowest BCUT2D eigenvalue weighted by Gasteiger charge is -2.40. The van der Waals surface area contributed by atoms with Gasteiger partial charge in [0.2, 0.25) is 0 Å². The molecule has 1 aliphatic heterocycles. The van der Waals surface area contributed by atoms with Gasteiger partial charge in [-0.25, -0.2) is 4.39 Å². The molecule has 0 spiro atoms. The summed E-state index contributed by atoms with van der Waals surface area (Å²) in [6.07, 6.45) is 3.77. The first kappa shape index (κ1) is 17.7. The molecule has 1 heterocycles. The van der Waals surface area contributed by atoms with Crippen molar-refractivity contribution in [3.63, 3.8) is 0 Å². The molecule has 2 aromatic rings. The van der Waals surface area contributed by atoms with Gasteiger partial charge in [0.05, 0.1) is 11.2 Å². The van der Waals surface area contributed by atoms with E-state index in [1.54, 1.807) is 12.3 Å². The van der Waals surface area contributed by atoms with Gasteiger partial charge in [0.1, 0.15) is 5.82 Å². The molecule has 0 saturated heterocycles. The molecule has 0 aromatic heterocycles. The van der Waals surface area contributed by atoms with Crippen LogP contribution < -0.4 is 4.90 Å². The highest BCUT2D eigenvalue weighted by atomic mass is 35.5. The number of allylic oxidation sites excluding steroid dienone is 1. The molecular weight excluding hydrogens is 335 g/mol. The molecule has 1 aliphatic rings. The minimum atomic E-state index is -0.278. The monoisotopic (exact) mass is 356 g/mol. The van der Waals surface area contributed by atoms with Gasteiger partial charge in [-0.3, -0.25) is 4.99 Å². The third kappa shape index (κ3) is 3.21. The summed E-state index contributed by atoms with van der Waals surface area (Å²) in [6, 6.07) is 9.00. The zero-order valence-corrected chi connectivity index (χ0v) is 15.9. The average molecular weight is 357 g/mol. The number of halogens is 2. The standard InChI is InChI=1S/C21H22ClFN2/c1-13-11-21(3,4)25(5)20-10-18(23)15(9-16(13)20)12-24-19-8-6-7-17(22)14(19)2/h6-12H,1-5H3. The van der Waals surface area contributed by atoms with Gasteiger partial charge in [0.25, 0.3) is 0 Å². The Bertz CT molecular complexity index is 897. The van der Waals surface area contributed by atoms with Gasteiger partial charge in [-0.15, -0.1) is 0 Å². The van der Waals surface area contributed by atoms with Crippen molar-refractivity contribution in [3.05, 3.63) is 63.9 Å². The van der Waals surface area contributed by atoms with Gasteiger partial charge >= 0.3 is 0 Å². The Morgan fingerprint density at radius 3 is 2.64 bits per heavy atom. The van der Waals surface area contributed by atoms with Crippen LogP contribution in [0.1, 0.15) is 37.5 Å². The van der Waals surface area contributed by atoms with Crippen LogP contribution in [0.4, 0.5) is 15.8 Å². The van der Waals surface area contributed by atoms with Crippen LogP contribution in [0.3, 0.4) is 0 Å². The van der Waals surface area contributed by atoms with Crippen molar-refractivity contribution in [3.8, 4) is 0 Å². The SMILES string of the molecule is CC1=CC(C)(C)N(C)c2cc(F)c(C=Nc3cccc(Cl)c3C)cc21. The van der Waals surface area contributed by atoms with Crippen molar-refractivity contribution in [1.82, 2.24) is 0 Å². The molecule has 2 aromatic carbocycles. The predicted octanol–water partition coefficient (Wildman–Crippen LogP) is 6.17. The molecular formula is C21H22ClFN2. The van der Waals surface area contributed by atoms with Crippen LogP contribution in [0.5, 0.6) is 0 Å². The molecule has 0 unspecified atom stereocenters. The number of rotatable bonds is 2. The van der Waals surface area contributed by atoms with Gasteiger partial charge in [-0.05, 0) is 63.1 Å². The zero-order chi connectivity index (χ0) is 18.4. The van der Waals surface area contributed by atoms with Crippen molar-refractivity contribution < 1.29 is 4.39 Å². The summed E-state index contributed by atoms with van der Waals surface area (Å²) in [5.41, 5.74) is 5.04. The number of benzene rings is 2. The van der Waals surface area contributed by atoms with Gasteiger partial charge in [0, 0.05) is 35.1 Å². The maximum absolute atomic E-state index is 14.6. The molecule has 0 atom stereocenters. The first-order valence-electron chi connectivity index (χ1n) is 8.27. The van der Waals surface area contributed by atoms with E-state index in [0.29, 0.717) is 10.6 Å². The number of likely N-dealkylation sites (N-methyl/N-ethyl adjacent to an activating group) is 1. The van der Waals surface area contributed by atoms with E-state index < -0.39 is 0 Å². The van der Waals surface area contributed by atoms with Crippen LogP contribution in [0.2, 0.25) is 5.02 Å². The smallest absolute Gasteiger partial charge is 0.134 e. The topological polar surface area (TPSA) is 15.6 Å². The van der Waals surface area contributed by atoms with Crippen LogP contribution in [-0.4, -0.2) is 18.8 Å². The number of hydrogen-bond acceptors (Lipinski definition) is 2. The first-order valence-corrected chi connectivity index (χ1v) is 8.65.